The molecule has 0 unspecified atom stereocenters. The molecular formula is C21H23N3O3S. The van der Waals surface area contributed by atoms with Crippen LogP contribution in [0.25, 0.3) is 0 Å². The highest BCUT2D eigenvalue weighted by atomic mass is 32.1. The lowest BCUT2D eigenvalue weighted by molar-refractivity contribution is -0.148. The number of rotatable bonds is 6. The standard InChI is InChI=1S/C21H23N3O3S/c22-19(26)21(7-3-8-21)20(27)24-18-15-5-2-1-4-14(15)11-16(18)23-17(25)10-13-6-9-28-12-13/h1-2,4-6,9,12,16,18H,3,7-8,10-11H2,(H2,22,26)(H,23,25)(H,24,27)/t16-,18-/m1/s1. The fourth-order valence-electron chi connectivity index (χ4n) is 4.14. The number of nitrogens with two attached hydrogens (primary N) is 1. The summed E-state index contributed by atoms with van der Waals surface area (Å²) in [6.45, 7) is 0. The first kappa shape index (κ1) is 18.7. The molecule has 146 valence electrons. The Kier molecular flexibility index (Phi) is 4.93. The number of hydrogen-bond donors (Lipinski definition) is 3. The highest BCUT2D eigenvalue weighted by Gasteiger charge is 2.51. The molecule has 1 aromatic heterocycles. The highest BCUT2D eigenvalue weighted by Crippen LogP contribution is 2.42. The van der Waals surface area contributed by atoms with Gasteiger partial charge in [-0.2, -0.15) is 11.3 Å². The smallest absolute Gasteiger partial charge is 0.236 e. The second-order valence-electron chi connectivity index (χ2n) is 7.64. The van der Waals surface area contributed by atoms with E-state index < -0.39 is 11.3 Å². The molecule has 4 rings (SSSR count). The summed E-state index contributed by atoms with van der Waals surface area (Å²) in [6.07, 6.45) is 2.73. The summed E-state index contributed by atoms with van der Waals surface area (Å²) in [5.74, 6) is -0.977. The largest absolute Gasteiger partial charge is 0.369 e. The van der Waals surface area contributed by atoms with E-state index >= 15 is 0 Å². The van der Waals surface area contributed by atoms with Crippen molar-refractivity contribution in [1.29, 1.82) is 0 Å². The van der Waals surface area contributed by atoms with E-state index in [1.54, 1.807) is 11.3 Å². The van der Waals surface area contributed by atoms with Crippen molar-refractivity contribution in [3.8, 4) is 0 Å². The Morgan fingerprint density at radius 2 is 1.93 bits per heavy atom. The number of benzene rings is 1. The van der Waals surface area contributed by atoms with E-state index in [1.165, 1.54) is 0 Å². The van der Waals surface area contributed by atoms with Gasteiger partial charge in [-0.15, -0.1) is 0 Å². The van der Waals surface area contributed by atoms with Crippen molar-refractivity contribution in [3.05, 3.63) is 57.8 Å². The summed E-state index contributed by atoms with van der Waals surface area (Å²) in [6, 6.07) is 9.14. The molecule has 2 aromatic rings. The Labute approximate surface area is 167 Å². The second-order valence-corrected chi connectivity index (χ2v) is 8.42. The van der Waals surface area contributed by atoms with Crippen LogP contribution >= 0.6 is 11.3 Å². The van der Waals surface area contributed by atoms with Crippen LogP contribution in [0.1, 0.15) is 42.0 Å². The molecule has 1 saturated carbocycles. The van der Waals surface area contributed by atoms with Gasteiger partial charge >= 0.3 is 0 Å². The van der Waals surface area contributed by atoms with Crippen molar-refractivity contribution < 1.29 is 14.4 Å². The Morgan fingerprint density at radius 1 is 1.14 bits per heavy atom. The Morgan fingerprint density at radius 3 is 2.57 bits per heavy atom. The topological polar surface area (TPSA) is 101 Å². The predicted molar refractivity (Wildman–Crippen MR) is 106 cm³/mol. The molecule has 0 saturated heterocycles. The Hall–Kier alpha value is -2.67. The summed E-state index contributed by atoms with van der Waals surface area (Å²) in [5, 5.41) is 9.99. The van der Waals surface area contributed by atoms with Crippen LogP contribution in [0.5, 0.6) is 0 Å². The zero-order valence-corrected chi connectivity index (χ0v) is 16.3. The van der Waals surface area contributed by atoms with Crippen LogP contribution < -0.4 is 16.4 Å². The van der Waals surface area contributed by atoms with Crippen molar-refractivity contribution in [2.24, 2.45) is 11.1 Å². The Bertz CT molecular complexity index is 905. The molecule has 6 nitrogen and oxygen atoms in total. The number of hydrogen-bond acceptors (Lipinski definition) is 4. The fraction of sp³-hybridized carbons (Fsp3) is 0.381. The first-order chi connectivity index (χ1) is 13.5. The molecule has 2 atom stereocenters. The molecule has 7 heteroatoms. The summed E-state index contributed by atoms with van der Waals surface area (Å²) >= 11 is 1.56. The van der Waals surface area contributed by atoms with Gasteiger partial charge in [-0.3, -0.25) is 14.4 Å². The SMILES string of the molecule is NC(=O)C1(C(=O)N[C@@H]2c3ccccc3C[C@H]2NC(=O)Cc2ccsc2)CCC1. The summed E-state index contributed by atoms with van der Waals surface area (Å²) < 4.78 is 0. The van der Waals surface area contributed by atoms with Crippen molar-refractivity contribution in [3.63, 3.8) is 0 Å². The predicted octanol–water partition coefficient (Wildman–Crippen LogP) is 1.84. The van der Waals surface area contributed by atoms with Crippen molar-refractivity contribution in [1.82, 2.24) is 10.6 Å². The van der Waals surface area contributed by atoms with Gasteiger partial charge in [0.05, 0.1) is 18.5 Å². The van der Waals surface area contributed by atoms with E-state index in [2.05, 4.69) is 10.6 Å². The molecule has 1 heterocycles. The molecule has 1 fully saturated rings. The third-order valence-electron chi connectivity index (χ3n) is 5.92. The minimum Gasteiger partial charge on any atom is -0.369 e. The first-order valence-electron chi connectivity index (χ1n) is 9.49. The van der Waals surface area contributed by atoms with Gasteiger partial charge in [-0.05, 0) is 52.8 Å². The summed E-state index contributed by atoms with van der Waals surface area (Å²) in [5.41, 5.74) is 7.46. The van der Waals surface area contributed by atoms with E-state index in [1.807, 2.05) is 41.1 Å². The van der Waals surface area contributed by atoms with Crippen molar-refractivity contribution in [2.45, 2.75) is 44.2 Å². The van der Waals surface area contributed by atoms with E-state index in [0.29, 0.717) is 25.7 Å². The van der Waals surface area contributed by atoms with E-state index in [9.17, 15) is 14.4 Å². The lowest BCUT2D eigenvalue weighted by Gasteiger charge is -2.38. The second kappa shape index (κ2) is 7.39. The van der Waals surface area contributed by atoms with Gasteiger partial charge in [0.1, 0.15) is 5.41 Å². The average molecular weight is 398 g/mol. The van der Waals surface area contributed by atoms with Crippen molar-refractivity contribution >= 4 is 29.1 Å². The fourth-order valence-corrected chi connectivity index (χ4v) is 4.81. The van der Waals surface area contributed by atoms with E-state index in [4.69, 9.17) is 5.73 Å². The molecule has 2 aliphatic rings. The van der Waals surface area contributed by atoms with Gasteiger partial charge < -0.3 is 16.4 Å². The summed E-state index contributed by atoms with van der Waals surface area (Å²) in [4.78, 5) is 37.3. The van der Waals surface area contributed by atoms with Gasteiger partial charge in [0, 0.05) is 0 Å². The van der Waals surface area contributed by atoms with Gasteiger partial charge in [0.2, 0.25) is 17.7 Å². The molecule has 0 spiro atoms. The molecular weight excluding hydrogens is 374 g/mol. The van der Waals surface area contributed by atoms with Crippen LogP contribution in [0.3, 0.4) is 0 Å². The molecule has 1 aromatic carbocycles. The van der Waals surface area contributed by atoms with Crippen LogP contribution in [0.15, 0.2) is 41.1 Å². The quantitative estimate of drug-likeness (QED) is 0.648. The van der Waals surface area contributed by atoms with E-state index in [0.717, 1.165) is 23.1 Å². The maximum absolute atomic E-state index is 12.9. The minimum absolute atomic E-state index is 0.0799. The zero-order valence-electron chi connectivity index (χ0n) is 15.4. The minimum atomic E-state index is -1.11. The van der Waals surface area contributed by atoms with Gasteiger partial charge in [0.15, 0.2) is 0 Å². The Balaban J connectivity index is 1.52. The number of fused-ring (bicyclic) bond motifs is 1. The third kappa shape index (κ3) is 3.30. The third-order valence-corrected chi connectivity index (χ3v) is 6.66. The number of primary amides is 1. The normalized spacial score (nSPS) is 22.0. The lowest BCUT2D eigenvalue weighted by atomic mass is 9.67. The molecule has 4 N–H and O–H groups in total. The summed E-state index contributed by atoms with van der Waals surface area (Å²) in [7, 11) is 0. The zero-order chi connectivity index (χ0) is 19.7. The lowest BCUT2D eigenvalue weighted by Crippen LogP contribution is -2.56. The molecule has 2 aliphatic carbocycles. The first-order valence-corrected chi connectivity index (χ1v) is 10.4. The maximum atomic E-state index is 12.9. The molecule has 3 amide bonds. The highest BCUT2D eigenvalue weighted by molar-refractivity contribution is 7.08. The number of amides is 3. The van der Waals surface area contributed by atoms with Crippen LogP contribution in [-0.4, -0.2) is 23.8 Å². The number of thiophene rings is 1. The van der Waals surface area contributed by atoms with Crippen LogP contribution in [0, 0.1) is 5.41 Å². The molecule has 28 heavy (non-hydrogen) atoms. The van der Waals surface area contributed by atoms with Crippen LogP contribution in [-0.2, 0) is 27.2 Å². The molecule has 0 radical (unpaired) electrons. The molecule has 0 aliphatic heterocycles. The monoisotopic (exact) mass is 397 g/mol. The maximum Gasteiger partial charge on any atom is 0.236 e. The van der Waals surface area contributed by atoms with Gasteiger partial charge in [-0.25, -0.2) is 0 Å². The van der Waals surface area contributed by atoms with Gasteiger partial charge in [-0.1, -0.05) is 30.7 Å². The average Bonchev–Trinajstić information content (AvgIpc) is 3.22. The number of nitrogens with one attached hydrogen (secondary N) is 2. The number of carbonyl (C=O) groups excluding carboxylic acids is 3. The van der Waals surface area contributed by atoms with E-state index in [-0.39, 0.29) is 23.9 Å². The van der Waals surface area contributed by atoms with Crippen molar-refractivity contribution in [2.75, 3.05) is 0 Å². The van der Waals surface area contributed by atoms with Gasteiger partial charge in [0.25, 0.3) is 0 Å². The number of carbonyl (C=O) groups is 3. The van der Waals surface area contributed by atoms with Crippen LogP contribution in [0.4, 0.5) is 0 Å². The van der Waals surface area contributed by atoms with Crippen LogP contribution in [0.2, 0.25) is 0 Å². The molecule has 0 bridgehead atoms.